The fourth-order valence-corrected chi connectivity index (χ4v) is 4.06. The molecule has 0 unspecified atom stereocenters. The zero-order chi connectivity index (χ0) is 26.4. The van der Waals surface area contributed by atoms with Crippen LogP contribution in [0.25, 0.3) is 16.9 Å². The summed E-state index contributed by atoms with van der Waals surface area (Å²) in [5.74, 6) is -0.164. The normalized spacial score (nSPS) is 10.8. The second-order valence-electron chi connectivity index (χ2n) is 9.04. The molecule has 1 aromatic heterocycles. The van der Waals surface area contributed by atoms with Gasteiger partial charge in [0.1, 0.15) is 6.54 Å². The maximum absolute atomic E-state index is 13.3. The molecule has 0 spiro atoms. The summed E-state index contributed by atoms with van der Waals surface area (Å²) in [5, 5.41) is 2.94. The summed E-state index contributed by atoms with van der Waals surface area (Å²) in [6, 6.07) is 23.3. The van der Waals surface area contributed by atoms with Crippen LogP contribution < -0.4 is 5.32 Å². The Hall–Kier alpha value is -4.23. The van der Waals surface area contributed by atoms with Gasteiger partial charge < -0.3 is 9.64 Å². The van der Waals surface area contributed by atoms with Crippen molar-refractivity contribution in [2.24, 2.45) is 0 Å². The van der Waals surface area contributed by atoms with E-state index in [0.29, 0.717) is 18.1 Å². The molecule has 0 radical (unpaired) electrons. The number of ether oxygens (including phenoxy) is 1. The van der Waals surface area contributed by atoms with Crippen molar-refractivity contribution in [1.29, 1.82) is 0 Å². The maximum Gasteiger partial charge on any atom is 0.254 e. The highest BCUT2D eigenvalue weighted by Crippen LogP contribution is 2.25. The number of nitrogens with one attached hydrogen (secondary N) is 1. The van der Waals surface area contributed by atoms with Gasteiger partial charge in [-0.25, -0.2) is 4.98 Å². The summed E-state index contributed by atoms with van der Waals surface area (Å²) in [5.41, 5.74) is 6.31. The highest BCUT2D eigenvalue weighted by molar-refractivity contribution is 6.00. The fraction of sp³-hybridized carbons (Fsp3) is 0.233. The number of carbonyl (C=O) groups excluding carboxylic acids is 2. The zero-order valence-electron chi connectivity index (χ0n) is 21.7. The number of rotatable bonds is 9. The van der Waals surface area contributed by atoms with E-state index in [0.717, 1.165) is 28.1 Å². The molecular formula is C30H32N4O3. The maximum atomic E-state index is 13.3. The van der Waals surface area contributed by atoms with Crippen LogP contribution in [-0.2, 0) is 9.53 Å². The lowest BCUT2D eigenvalue weighted by molar-refractivity contribution is -0.117. The highest BCUT2D eigenvalue weighted by atomic mass is 16.5. The van der Waals surface area contributed by atoms with Gasteiger partial charge in [0.2, 0.25) is 11.9 Å². The molecule has 0 aliphatic heterocycles. The molecule has 0 saturated carbocycles. The molecule has 4 aromatic rings. The Morgan fingerprint density at radius 3 is 2.35 bits per heavy atom. The van der Waals surface area contributed by atoms with E-state index in [2.05, 4.69) is 25.2 Å². The molecule has 1 N–H and O–H groups in total. The first-order valence-electron chi connectivity index (χ1n) is 12.2. The number of methoxy groups -OCH3 is 1. The molecule has 3 aromatic carbocycles. The molecule has 0 aliphatic carbocycles. The number of amides is 2. The molecular weight excluding hydrogens is 464 g/mol. The molecule has 37 heavy (non-hydrogen) atoms. The van der Waals surface area contributed by atoms with Gasteiger partial charge in [0, 0.05) is 36.7 Å². The molecule has 190 valence electrons. The third-order valence-corrected chi connectivity index (χ3v) is 6.36. The summed E-state index contributed by atoms with van der Waals surface area (Å²) in [7, 11) is 1.57. The van der Waals surface area contributed by atoms with E-state index in [1.807, 2.05) is 78.4 Å². The van der Waals surface area contributed by atoms with Gasteiger partial charge in [-0.2, -0.15) is 0 Å². The number of anilines is 1. The molecule has 0 bridgehead atoms. The van der Waals surface area contributed by atoms with Gasteiger partial charge in [0.15, 0.2) is 0 Å². The summed E-state index contributed by atoms with van der Waals surface area (Å²) >= 11 is 0. The first kappa shape index (κ1) is 25.9. The van der Waals surface area contributed by atoms with Crippen LogP contribution in [0.2, 0.25) is 0 Å². The molecule has 7 nitrogen and oxygen atoms in total. The largest absolute Gasteiger partial charge is 0.383 e. The van der Waals surface area contributed by atoms with Gasteiger partial charge >= 0.3 is 0 Å². The SMILES string of the molecule is COCCN(CC(=O)Nc1nc(-c2ccccc2)cn1-c1ccc(C)c(C)c1)C(=O)c1ccccc1C. The van der Waals surface area contributed by atoms with E-state index in [1.54, 1.807) is 13.2 Å². The smallest absolute Gasteiger partial charge is 0.254 e. The molecule has 0 aliphatic rings. The Morgan fingerprint density at radius 2 is 1.65 bits per heavy atom. The Labute approximate surface area is 217 Å². The minimum atomic E-state index is -0.340. The van der Waals surface area contributed by atoms with E-state index in [-0.39, 0.29) is 24.9 Å². The number of benzene rings is 3. The van der Waals surface area contributed by atoms with Crippen LogP contribution in [0.3, 0.4) is 0 Å². The predicted molar refractivity (Wildman–Crippen MR) is 146 cm³/mol. The number of aromatic nitrogens is 2. The number of aryl methyl sites for hydroxylation is 3. The number of imidazole rings is 1. The van der Waals surface area contributed by atoms with Crippen LogP contribution in [0.5, 0.6) is 0 Å². The molecule has 0 fully saturated rings. The molecule has 0 atom stereocenters. The van der Waals surface area contributed by atoms with Crippen molar-refractivity contribution in [3.8, 4) is 16.9 Å². The summed E-state index contributed by atoms with van der Waals surface area (Å²) in [4.78, 5) is 32.8. The van der Waals surface area contributed by atoms with Crippen molar-refractivity contribution in [3.05, 3.63) is 101 Å². The van der Waals surface area contributed by atoms with Crippen molar-refractivity contribution in [1.82, 2.24) is 14.5 Å². The molecule has 7 heteroatoms. The second-order valence-corrected chi connectivity index (χ2v) is 9.04. The Kier molecular flexibility index (Phi) is 8.15. The van der Waals surface area contributed by atoms with E-state index in [4.69, 9.17) is 9.72 Å². The average Bonchev–Trinajstić information content (AvgIpc) is 3.32. The monoisotopic (exact) mass is 496 g/mol. The van der Waals surface area contributed by atoms with Crippen LogP contribution in [0.15, 0.2) is 79.0 Å². The van der Waals surface area contributed by atoms with Crippen molar-refractivity contribution < 1.29 is 14.3 Å². The van der Waals surface area contributed by atoms with E-state index >= 15 is 0 Å². The van der Waals surface area contributed by atoms with E-state index in [1.165, 1.54) is 10.5 Å². The lowest BCUT2D eigenvalue weighted by Gasteiger charge is -2.22. The fourth-order valence-electron chi connectivity index (χ4n) is 4.06. The third-order valence-electron chi connectivity index (χ3n) is 6.36. The van der Waals surface area contributed by atoms with Gasteiger partial charge in [0.25, 0.3) is 5.91 Å². The molecule has 4 rings (SSSR count). The van der Waals surface area contributed by atoms with Gasteiger partial charge in [-0.3, -0.25) is 19.5 Å². The van der Waals surface area contributed by atoms with Crippen LogP contribution in [0, 0.1) is 20.8 Å². The van der Waals surface area contributed by atoms with Crippen molar-refractivity contribution in [2.45, 2.75) is 20.8 Å². The number of carbonyl (C=O) groups is 2. The summed E-state index contributed by atoms with van der Waals surface area (Å²) in [6.07, 6.45) is 1.91. The number of hydrogen-bond donors (Lipinski definition) is 1. The van der Waals surface area contributed by atoms with Gasteiger partial charge in [-0.05, 0) is 55.7 Å². The zero-order valence-corrected chi connectivity index (χ0v) is 21.7. The molecule has 1 heterocycles. The quantitative estimate of drug-likeness (QED) is 0.346. The van der Waals surface area contributed by atoms with Crippen LogP contribution in [0.1, 0.15) is 27.0 Å². The van der Waals surface area contributed by atoms with Crippen molar-refractivity contribution in [3.63, 3.8) is 0 Å². The molecule has 0 saturated heterocycles. The lowest BCUT2D eigenvalue weighted by Crippen LogP contribution is -2.40. The standard InChI is InChI=1S/C30H32N4O3/c1-21-14-15-25(18-23(21)3)34-19-27(24-11-6-5-7-12-24)31-30(34)32-28(35)20-33(16-17-37-4)29(36)26-13-9-8-10-22(26)2/h5-15,18-19H,16-17,20H2,1-4H3,(H,31,32,35). The lowest BCUT2D eigenvalue weighted by atomic mass is 10.1. The van der Waals surface area contributed by atoms with Gasteiger partial charge in [0.05, 0.1) is 12.3 Å². The first-order valence-corrected chi connectivity index (χ1v) is 12.2. The van der Waals surface area contributed by atoms with Gasteiger partial charge in [-0.1, -0.05) is 54.6 Å². The number of nitrogens with zero attached hydrogens (tertiary/aromatic N) is 3. The van der Waals surface area contributed by atoms with Crippen LogP contribution in [0.4, 0.5) is 5.95 Å². The van der Waals surface area contributed by atoms with Crippen molar-refractivity contribution >= 4 is 17.8 Å². The third kappa shape index (κ3) is 6.13. The minimum absolute atomic E-state index is 0.128. The Morgan fingerprint density at radius 1 is 0.919 bits per heavy atom. The van der Waals surface area contributed by atoms with Crippen LogP contribution in [-0.4, -0.2) is 53.1 Å². The average molecular weight is 497 g/mol. The molecule has 2 amide bonds. The highest BCUT2D eigenvalue weighted by Gasteiger charge is 2.22. The van der Waals surface area contributed by atoms with E-state index < -0.39 is 0 Å². The predicted octanol–water partition coefficient (Wildman–Crippen LogP) is 5.19. The summed E-state index contributed by atoms with van der Waals surface area (Å²) < 4.78 is 7.07. The van der Waals surface area contributed by atoms with Crippen molar-refractivity contribution in [2.75, 3.05) is 32.1 Å². The Bertz CT molecular complexity index is 1400. The topological polar surface area (TPSA) is 76.5 Å². The summed E-state index contributed by atoms with van der Waals surface area (Å²) in [6.45, 7) is 6.48. The number of hydrogen-bond acceptors (Lipinski definition) is 4. The first-order chi connectivity index (χ1) is 17.9. The Balaban J connectivity index is 1.63. The van der Waals surface area contributed by atoms with E-state index in [9.17, 15) is 9.59 Å². The second kappa shape index (κ2) is 11.7. The van der Waals surface area contributed by atoms with Gasteiger partial charge in [-0.15, -0.1) is 0 Å². The van der Waals surface area contributed by atoms with Crippen LogP contribution >= 0.6 is 0 Å². The minimum Gasteiger partial charge on any atom is -0.383 e.